The van der Waals surface area contributed by atoms with E-state index in [0.717, 1.165) is 22.6 Å². The van der Waals surface area contributed by atoms with Crippen LogP contribution in [0.1, 0.15) is 12.6 Å². The van der Waals surface area contributed by atoms with Gasteiger partial charge in [0, 0.05) is 35.1 Å². The molecule has 150 valence electrons. The van der Waals surface area contributed by atoms with Crippen molar-refractivity contribution in [2.75, 3.05) is 10.6 Å². The van der Waals surface area contributed by atoms with Crippen molar-refractivity contribution >= 4 is 40.4 Å². The molecule has 0 aliphatic carbocycles. The Labute approximate surface area is 178 Å². The number of benzene rings is 2. The number of rotatable bonds is 5. The van der Waals surface area contributed by atoms with Crippen molar-refractivity contribution in [3.8, 4) is 11.3 Å². The van der Waals surface area contributed by atoms with Crippen LogP contribution in [0.3, 0.4) is 0 Å². The zero-order valence-electron chi connectivity index (χ0n) is 16.2. The third kappa shape index (κ3) is 4.34. The molecule has 7 heteroatoms. The second kappa shape index (κ2) is 8.39. The molecule has 4 aromatic rings. The van der Waals surface area contributed by atoms with Crippen LogP contribution in [0.2, 0.25) is 5.02 Å². The molecule has 0 radical (unpaired) electrons. The molecule has 2 aromatic heterocycles. The lowest BCUT2D eigenvalue weighted by Crippen LogP contribution is -2.16. The van der Waals surface area contributed by atoms with E-state index in [1.165, 1.54) is 6.92 Å². The quantitative estimate of drug-likeness (QED) is 0.489. The van der Waals surface area contributed by atoms with Crippen molar-refractivity contribution in [2.45, 2.75) is 13.3 Å². The molecule has 30 heavy (non-hydrogen) atoms. The van der Waals surface area contributed by atoms with Crippen LogP contribution in [0.4, 0.5) is 11.4 Å². The molecule has 0 aliphatic heterocycles. The lowest BCUT2D eigenvalue weighted by Gasteiger charge is -2.09. The normalized spacial score (nSPS) is 10.7. The molecule has 0 saturated carbocycles. The highest BCUT2D eigenvalue weighted by Gasteiger charge is 2.17. The van der Waals surface area contributed by atoms with Crippen LogP contribution < -0.4 is 10.6 Å². The molecular weight excluding hydrogens is 400 g/mol. The number of halogens is 1. The van der Waals surface area contributed by atoms with Crippen molar-refractivity contribution in [1.29, 1.82) is 0 Å². The summed E-state index contributed by atoms with van der Waals surface area (Å²) in [5.41, 5.74) is 4.52. The first-order valence-corrected chi connectivity index (χ1v) is 9.77. The second-order valence-corrected chi connectivity index (χ2v) is 7.26. The van der Waals surface area contributed by atoms with Crippen LogP contribution in [-0.4, -0.2) is 21.2 Å². The van der Waals surface area contributed by atoms with Gasteiger partial charge in [0.2, 0.25) is 11.8 Å². The van der Waals surface area contributed by atoms with Gasteiger partial charge in [-0.05, 0) is 48.5 Å². The topological polar surface area (TPSA) is 75.5 Å². The van der Waals surface area contributed by atoms with Crippen LogP contribution in [0.5, 0.6) is 0 Å². The van der Waals surface area contributed by atoms with Gasteiger partial charge >= 0.3 is 0 Å². The Morgan fingerprint density at radius 2 is 1.60 bits per heavy atom. The summed E-state index contributed by atoms with van der Waals surface area (Å²) in [6.07, 6.45) is 2.04. The molecule has 2 heterocycles. The van der Waals surface area contributed by atoms with Crippen LogP contribution in [0.15, 0.2) is 72.9 Å². The molecule has 0 unspecified atom stereocenters. The average molecular weight is 419 g/mol. The summed E-state index contributed by atoms with van der Waals surface area (Å²) in [6.45, 7) is 1.45. The second-order valence-electron chi connectivity index (χ2n) is 6.83. The largest absolute Gasteiger partial charge is 0.326 e. The maximum Gasteiger partial charge on any atom is 0.230 e. The summed E-state index contributed by atoms with van der Waals surface area (Å²) >= 11 is 6.02. The van der Waals surface area contributed by atoms with Crippen molar-refractivity contribution < 1.29 is 9.59 Å². The fraction of sp³-hybridized carbons (Fsp3) is 0.0870. The fourth-order valence-corrected chi connectivity index (χ4v) is 3.38. The Morgan fingerprint density at radius 1 is 0.933 bits per heavy atom. The molecule has 2 N–H and O–H groups in total. The summed E-state index contributed by atoms with van der Waals surface area (Å²) in [5.74, 6) is -0.308. The smallest absolute Gasteiger partial charge is 0.230 e. The number of pyridine rings is 1. The highest BCUT2D eigenvalue weighted by Crippen LogP contribution is 2.26. The van der Waals surface area contributed by atoms with Crippen LogP contribution in [0.25, 0.3) is 16.9 Å². The van der Waals surface area contributed by atoms with Crippen LogP contribution in [-0.2, 0) is 16.0 Å². The van der Waals surface area contributed by atoms with E-state index < -0.39 is 0 Å². The first kappa shape index (κ1) is 19.7. The number of hydrogen-bond donors (Lipinski definition) is 2. The SMILES string of the molecule is CC(=O)Nc1ccc(NC(=O)Cc2c(-c3ccc(Cl)cc3)nc3ccccn23)cc1. The van der Waals surface area contributed by atoms with Gasteiger partial charge in [0.1, 0.15) is 5.65 Å². The van der Waals surface area contributed by atoms with Crippen LogP contribution in [0, 0.1) is 0 Å². The molecule has 0 spiro atoms. The Morgan fingerprint density at radius 3 is 2.27 bits per heavy atom. The Balaban J connectivity index is 1.59. The van der Waals surface area contributed by atoms with E-state index in [0.29, 0.717) is 16.4 Å². The highest BCUT2D eigenvalue weighted by atomic mass is 35.5. The molecule has 0 fully saturated rings. The van der Waals surface area contributed by atoms with Gasteiger partial charge in [-0.25, -0.2) is 4.98 Å². The van der Waals surface area contributed by atoms with E-state index in [9.17, 15) is 9.59 Å². The van der Waals surface area contributed by atoms with Gasteiger partial charge in [0.15, 0.2) is 0 Å². The van der Waals surface area contributed by atoms with Gasteiger partial charge in [0.25, 0.3) is 0 Å². The van der Waals surface area contributed by atoms with Gasteiger partial charge in [-0.2, -0.15) is 0 Å². The van der Waals surface area contributed by atoms with Crippen molar-refractivity contribution in [3.05, 3.63) is 83.6 Å². The average Bonchev–Trinajstić information content (AvgIpc) is 3.08. The van der Waals surface area contributed by atoms with Gasteiger partial charge < -0.3 is 15.0 Å². The number of aromatic nitrogens is 2. The summed E-state index contributed by atoms with van der Waals surface area (Å²) < 4.78 is 1.92. The number of anilines is 2. The Kier molecular flexibility index (Phi) is 5.50. The lowest BCUT2D eigenvalue weighted by atomic mass is 10.1. The fourth-order valence-electron chi connectivity index (χ4n) is 3.25. The molecule has 0 saturated heterocycles. The minimum atomic E-state index is -0.164. The number of carbonyl (C=O) groups excluding carboxylic acids is 2. The third-order valence-electron chi connectivity index (χ3n) is 4.56. The number of imidazole rings is 1. The van der Waals surface area contributed by atoms with E-state index in [4.69, 9.17) is 16.6 Å². The van der Waals surface area contributed by atoms with Gasteiger partial charge in [0.05, 0.1) is 17.8 Å². The predicted octanol–water partition coefficient (Wildman–Crippen LogP) is 4.79. The molecule has 6 nitrogen and oxygen atoms in total. The predicted molar refractivity (Wildman–Crippen MR) is 119 cm³/mol. The number of hydrogen-bond acceptors (Lipinski definition) is 3. The lowest BCUT2D eigenvalue weighted by molar-refractivity contribution is -0.116. The van der Waals surface area contributed by atoms with E-state index in [1.54, 1.807) is 36.4 Å². The third-order valence-corrected chi connectivity index (χ3v) is 4.82. The maximum absolute atomic E-state index is 12.8. The molecule has 2 aromatic carbocycles. The number of nitrogens with one attached hydrogen (secondary N) is 2. The number of carbonyl (C=O) groups is 2. The van der Waals surface area contributed by atoms with Crippen molar-refractivity contribution in [1.82, 2.24) is 9.38 Å². The summed E-state index contributed by atoms with van der Waals surface area (Å²) in [7, 11) is 0. The number of nitrogens with zero attached hydrogens (tertiary/aromatic N) is 2. The Hall–Kier alpha value is -3.64. The minimum absolute atomic E-state index is 0.144. The highest BCUT2D eigenvalue weighted by molar-refractivity contribution is 6.30. The van der Waals surface area contributed by atoms with Gasteiger partial charge in [-0.1, -0.05) is 29.8 Å². The molecule has 0 atom stereocenters. The number of fused-ring (bicyclic) bond motifs is 1. The van der Waals surface area contributed by atoms with Gasteiger partial charge in [-0.15, -0.1) is 0 Å². The summed E-state index contributed by atoms with van der Waals surface area (Å²) in [6, 6.07) is 20.1. The molecule has 0 bridgehead atoms. The van der Waals surface area contributed by atoms with E-state index in [2.05, 4.69) is 10.6 Å². The zero-order valence-corrected chi connectivity index (χ0v) is 17.0. The van der Waals surface area contributed by atoms with E-state index in [1.807, 2.05) is 40.9 Å². The minimum Gasteiger partial charge on any atom is -0.326 e. The molecule has 2 amide bonds. The zero-order chi connectivity index (χ0) is 21.1. The monoisotopic (exact) mass is 418 g/mol. The van der Waals surface area contributed by atoms with Crippen molar-refractivity contribution in [2.24, 2.45) is 0 Å². The van der Waals surface area contributed by atoms with Gasteiger partial charge in [-0.3, -0.25) is 9.59 Å². The van der Waals surface area contributed by atoms with Crippen molar-refractivity contribution in [3.63, 3.8) is 0 Å². The first-order valence-electron chi connectivity index (χ1n) is 9.39. The molecule has 0 aliphatic rings. The maximum atomic E-state index is 12.8. The van der Waals surface area contributed by atoms with E-state index >= 15 is 0 Å². The summed E-state index contributed by atoms with van der Waals surface area (Å²) in [4.78, 5) is 28.6. The first-order chi connectivity index (χ1) is 14.5. The Bertz CT molecular complexity index is 1210. The molecule has 4 rings (SSSR count). The standard InChI is InChI=1S/C23H19ClN4O2/c1-15(29)25-18-9-11-19(12-10-18)26-22(30)14-20-23(16-5-7-17(24)8-6-16)27-21-4-2-3-13-28(20)21/h2-13H,14H2,1H3,(H,25,29)(H,26,30). The molecular formula is C23H19ClN4O2. The van der Waals surface area contributed by atoms with Crippen LogP contribution >= 0.6 is 11.6 Å². The van der Waals surface area contributed by atoms with E-state index in [-0.39, 0.29) is 18.2 Å². The summed E-state index contributed by atoms with van der Waals surface area (Å²) in [5, 5.41) is 6.24. The number of amides is 2.